The van der Waals surface area contributed by atoms with Crippen LogP contribution < -0.4 is 0 Å². The first-order valence-corrected chi connectivity index (χ1v) is 7.45. The summed E-state index contributed by atoms with van der Waals surface area (Å²) in [5, 5.41) is 9.42. The lowest BCUT2D eigenvalue weighted by atomic mass is 9.74. The van der Waals surface area contributed by atoms with E-state index in [1.54, 1.807) is 0 Å². The van der Waals surface area contributed by atoms with E-state index < -0.39 is 11.4 Å². The molecule has 1 aromatic carbocycles. The number of aliphatic carboxylic acids is 1. The van der Waals surface area contributed by atoms with Crippen LogP contribution in [0.15, 0.2) is 30.3 Å². The van der Waals surface area contributed by atoms with Crippen LogP contribution >= 0.6 is 0 Å². The van der Waals surface area contributed by atoms with Gasteiger partial charge in [0.15, 0.2) is 0 Å². The molecule has 1 heterocycles. The third-order valence-corrected chi connectivity index (χ3v) is 4.85. The highest BCUT2D eigenvalue weighted by molar-refractivity contribution is 5.74. The zero-order chi connectivity index (χ0) is 14.8. The Morgan fingerprint density at radius 1 is 1.35 bits per heavy atom. The van der Waals surface area contributed by atoms with E-state index in [1.165, 1.54) is 5.56 Å². The van der Waals surface area contributed by atoms with Crippen LogP contribution in [0.1, 0.15) is 45.2 Å². The Labute approximate surface area is 121 Å². The Kier molecular flexibility index (Phi) is 4.48. The molecule has 20 heavy (non-hydrogen) atoms. The van der Waals surface area contributed by atoms with Crippen molar-refractivity contribution in [3.63, 3.8) is 0 Å². The van der Waals surface area contributed by atoms with Crippen molar-refractivity contribution in [3.05, 3.63) is 35.9 Å². The number of rotatable bonds is 4. The summed E-state index contributed by atoms with van der Waals surface area (Å²) < 4.78 is 0. The summed E-state index contributed by atoms with van der Waals surface area (Å²) in [6, 6.07) is 10.8. The number of likely N-dealkylation sites (tertiary alicyclic amines) is 1. The van der Waals surface area contributed by atoms with Crippen LogP contribution in [0.3, 0.4) is 0 Å². The smallest absolute Gasteiger partial charge is 0.309 e. The van der Waals surface area contributed by atoms with Gasteiger partial charge in [0.2, 0.25) is 0 Å². The standard InChI is InChI=1S/C17H25NO2/c1-13(14-8-5-4-6-9-14)18-11-7-10-15(12-18)17(2,3)16(19)20/h4-6,8-9,13,15H,7,10-12H2,1-3H3,(H,19,20). The average Bonchev–Trinajstić information content (AvgIpc) is 2.47. The molecule has 0 bridgehead atoms. The number of benzene rings is 1. The van der Waals surface area contributed by atoms with Gasteiger partial charge in [-0.2, -0.15) is 0 Å². The second kappa shape index (κ2) is 5.96. The van der Waals surface area contributed by atoms with E-state index in [0.717, 1.165) is 25.9 Å². The van der Waals surface area contributed by atoms with Crippen molar-refractivity contribution in [2.45, 2.75) is 39.7 Å². The van der Waals surface area contributed by atoms with Crippen molar-refractivity contribution >= 4 is 5.97 Å². The van der Waals surface area contributed by atoms with Gasteiger partial charge >= 0.3 is 5.97 Å². The molecular weight excluding hydrogens is 250 g/mol. The molecule has 0 saturated carbocycles. The molecule has 2 unspecified atom stereocenters. The molecule has 0 aromatic heterocycles. The molecule has 110 valence electrons. The van der Waals surface area contributed by atoms with Gasteiger partial charge in [0.25, 0.3) is 0 Å². The van der Waals surface area contributed by atoms with Crippen LogP contribution in [-0.4, -0.2) is 29.1 Å². The van der Waals surface area contributed by atoms with Crippen molar-refractivity contribution in [1.82, 2.24) is 4.90 Å². The summed E-state index contributed by atoms with van der Waals surface area (Å²) in [5.41, 5.74) is 0.663. The molecule has 3 heteroatoms. The fourth-order valence-corrected chi connectivity index (χ4v) is 3.06. The number of carbonyl (C=O) groups is 1. The van der Waals surface area contributed by atoms with Gasteiger partial charge in [-0.15, -0.1) is 0 Å². The summed E-state index contributed by atoms with van der Waals surface area (Å²) in [6.07, 6.45) is 2.09. The first kappa shape index (κ1) is 15.0. The van der Waals surface area contributed by atoms with Crippen molar-refractivity contribution in [3.8, 4) is 0 Å². The van der Waals surface area contributed by atoms with E-state index in [2.05, 4.69) is 36.1 Å². The molecular formula is C17H25NO2. The van der Waals surface area contributed by atoms with E-state index in [1.807, 2.05) is 19.9 Å². The van der Waals surface area contributed by atoms with E-state index in [9.17, 15) is 9.90 Å². The maximum atomic E-state index is 11.4. The highest BCUT2D eigenvalue weighted by Gasteiger charge is 2.39. The predicted octanol–water partition coefficient (Wildman–Crippen LogP) is 3.57. The normalized spacial score (nSPS) is 22.4. The van der Waals surface area contributed by atoms with E-state index in [0.29, 0.717) is 6.04 Å². The summed E-state index contributed by atoms with van der Waals surface area (Å²) in [7, 11) is 0. The summed E-state index contributed by atoms with van der Waals surface area (Å²) in [4.78, 5) is 13.9. The Bertz CT molecular complexity index is 455. The summed E-state index contributed by atoms with van der Waals surface area (Å²) in [5.74, 6) is -0.461. The number of hydrogen-bond acceptors (Lipinski definition) is 2. The Balaban J connectivity index is 2.09. The Hall–Kier alpha value is -1.35. The predicted molar refractivity (Wildman–Crippen MR) is 80.6 cm³/mol. The molecule has 3 nitrogen and oxygen atoms in total. The number of carboxylic acids is 1. The van der Waals surface area contributed by atoms with Crippen molar-refractivity contribution in [2.24, 2.45) is 11.3 Å². The van der Waals surface area contributed by atoms with Gasteiger partial charge in [-0.25, -0.2) is 0 Å². The number of nitrogens with zero attached hydrogens (tertiary/aromatic N) is 1. The third kappa shape index (κ3) is 3.04. The summed E-state index contributed by atoms with van der Waals surface area (Å²) >= 11 is 0. The molecule has 2 atom stereocenters. The van der Waals surface area contributed by atoms with Crippen LogP contribution in [0.2, 0.25) is 0 Å². The fourth-order valence-electron chi connectivity index (χ4n) is 3.06. The molecule has 2 rings (SSSR count). The largest absolute Gasteiger partial charge is 0.481 e. The highest BCUT2D eigenvalue weighted by Crippen LogP contribution is 2.36. The zero-order valence-electron chi connectivity index (χ0n) is 12.7. The molecule has 1 saturated heterocycles. The zero-order valence-corrected chi connectivity index (χ0v) is 12.7. The second-order valence-corrected chi connectivity index (χ2v) is 6.45. The minimum atomic E-state index is -0.684. The van der Waals surface area contributed by atoms with Gasteiger partial charge in [-0.1, -0.05) is 30.3 Å². The maximum Gasteiger partial charge on any atom is 0.309 e. The number of hydrogen-bond donors (Lipinski definition) is 1. The Morgan fingerprint density at radius 3 is 2.60 bits per heavy atom. The molecule has 0 spiro atoms. The molecule has 0 aliphatic carbocycles. The monoisotopic (exact) mass is 275 g/mol. The highest BCUT2D eigenvalue weighted by atomic mass is 16.4. The number of piperidine rings is 1. The first-order valence-electron chi connectivity index (χ1n) is 7.45. The van der Waals surface area contributed by atoms with Crippen LogP contribution in [0.5, 0.6) is 0 Å². The minimum Gasteiger partial charge on any atom is -0.481 e. The van der Waals surface area contributed by atoms with Gasteiger partial charge in [-0.3, -0.25) is 9.69 Å². The Morgan fingerprint density at radius 2 is 2.00 bits per heavy atom. The molecule has 1 N–H and O–H groups in total. The van der Waals surface area contributed by atoms with Crippen molar-refractivity contribution in [1.29, 1.82) is 0 Å². The second-order valence-electron chi connectivity index (χ2n) is 6.45. The van der Waals surface area contributed by atoms with E-state index >= 15 is 0 Å². The van der Waals surface area contributed by atoms with Crippen LogP contribution in [0, 0.1) is 11.3 Å². The molecule has 1 aliphatic heterocycles. The van der Waals surface area contributed by atoms with Crippen LogP contribution in [-0.2, 0) is 4.79 Å². The molecule has 1 aromatic rings. The van der Waals surface area contributed by atoms with Crippen LogP contribution in [0.25, 0.3) is 0 Å². The quantitative estimate of drug-likeness (QED) is 0.913. The van der Waals surface area contributed by atoms with E-state index in [4.69, 9.17) is 0 Å². The van der Waals surface area contributed by atoms with Gasteiger partial charge in [0, 0.05) is 12.6 Å². The topological polar surface area (TPSA) is 40.5 Å². The molecule has 0 amide bonds. The summed E-state index contributed by atoms with van der Waals surface area (Å²) in [6.45, 7) is 7.86. The van der Waals surface area contributed by atoms with Crippen molar-refractivity contribution in [2.75, 3.05) is 13.1 Å². The van der Waals surface area contributed by atoms with Gasteiger partial charge in [-0.05, 0) is 51.6 Å². The van der Waals surface area contributed by atoms with Crippen molar-refractivity contribution < 1.29 is 9.90 Å². The van der Waals surface area contributed by atoms with E-state index in [-0.39, 0.29) is 5.92 Å². The van der Waals surface area contributed by atoms with Gasteiger partial charge < -0.3 is 5.11 Å². The lowest BCUT2D eigenvalue weighted by Gasteiger charge is -2.41. The first-order chi connectivity index (χ1) is 9.43. The minimum absolute atomic E-state index is 0.222. The van der Waals surface area contributed by atoms with Gasteiger partial charge in [0.1, 0.15) is 0 Å². The van der Waals surface area contributed by atoms with Crippen LogP contribution in [0.4, 0.5) is 0 Å². The maximum absolute atomic E-state index is 11.4. The van der Waals surface area contributed by atoms with Gasteiger partial charge in [0.05, 0.1) is 5.41 Å². The third-order valence-electron chi connectivity index (χ3n) is 4.85. The molecule has 0 radical (unpaired) electrons. The molecule has 1 fully saturated rings. The number of carboxylic acid groups (broad SMARTS) is 1. The fraction of sp³-hybridized carbons (Fsp3) is 0.588. The molecule has 1 aliphatic rings. The lowest BCUT2D eigenvalue weighted by Crippen LogP contribution is -2.45. The average molecular weight is 275 g/mol. The lowest BCUT2D eigenvalue weighted by molar-refractivity contribution is -0.151. The SMILES string of the molecule is CC(c1ccccc1)N1CCCC(C(C)(C)C(=O)O)C1.